The largest absolute Gasteiger partial charge is 0.370 e. The van der Waals surface area contributed by atoms with Gasteiger partial charge in [0.2, 0.25) is 5.91 Å². The van der Waals surface area contributed by atoms with Crippen LogP contribution in [0.15, 0.2) is 55.0 Å². The third-order valence-corrected chi connectivity index (χ3v) is 3.84. The highest BCUT2D eigenvalue weighted by atomic mass is 16.1. The summed E-state index contributed by atoms with van der Waals surface area (Å²) in [7, 11) is 0. The Hall–Kier alpha value is -2.62. The van der Waals surface area contributed by atoms with Gasteiger partial charge in [-0.05, 0) is 43.0 Å². The maximum atomic E-state index is 10.8. The lowest BCUT2D eigenvalue weighted by atomic mass is 10.1. The predicted molar refractivity (Wildman–Crippen MR) is 87.8 cm³/mol. The van der Waals surface area contributed by atoms with Gasteiger partial charge in [0, 0.05) is 24.2 Å². The Morgan fingerprint density at radius 1 is 1.14 bits per heavy atom. The molecule has 0 fully saturated rings. The number of rotatable bonds is 6. The first-order valence-electron chi connectivity index (χ1n) is 7.53. The van der Waals surface area contributed by atoms with Gasteiger partial charge in [0.05, 0.1) is 17.4 Å². The molecule has 3 rings (SSSR count). The summed E-state index contributed by atoms with van der Waals surface area (Å²) < 4.78 is 2.17. The third-order valence-electron chi connectivity index (χ3n) is 3.84. The van der Waals surface area contributed by atoms with Gasteiger partial charge in [-0.2, -0.15) is 0 Å². The second kappa shape index (κ2) is 6.43. The molecule has 0 radical (unpaired) electrons. The number of amides is 1. The van der Waals surface area contributed by atoms with E-state index in [1.54, 1.807) is 6.20 Å². The van der Waals surface area contributed by atoms with Crippen LogP contribution < -0.4 is 5.73 Å². The molecule has 1 amide bonds. The van der Waals surface area contributed by atoms with E-state index in [0.717, 1.165) is 24.9 Å². The predicted octanol–water partition coefficient (Wildman–Crippen LogP) is 3.22. The van der Waals surface area contributed by atoms with E-state index in [-0.39, 0.29) is 5.91 Å². The van der Waals surface area contributed by atoms with Crippen LogP contribution in [0.2, 0.25) is 0 Å². The molecule has 2 aromatic heterocycles. The van der Waals surface area contributed by atoms with Gasteiger partial charge in [-0.25, -0.2) is 0 Å². The summed E-state index contributed by atoms with van der Waals surface area (Å²) in [6, 6.07) is 12.4. The summed E-state index contributed by atoms with van der Waals surface area (Å²) in [6.07, 6.45) is 9.02. The second-order valence-electron chi connectivity index (χ2n) is 5.43. The highest BCUT2D eigenvalue weighted by Crippen LogP contribution is 2.25. The number of nitrogens with two attached hydrogens (primary N) is 1. The number of carbonyl (C=O) groups is 1. The number of carbonyl (C=O) groups excluding carboxylic acids is 1. The van der Waals surface area contributed by atoms with Gasteiger partial charge in [-0.15, -0.1) is 0 Å². The van der Waals surface area contributed by atoms with Crippen LogP contribution in [0.4, 0.5) is 0 Å². The van der Waals surface area contributed by atoms with Crippen molar-refractivity contribution in [2.45, 2.75) is 25.7 Å². The van der Waals surface area contributed by atoms with Crippen molar-refractivity contribution in [1.29, 1.82) is 0 Å². The highest BCUT2D eigenvalue weighted by molar-refractivity contribution is 5.85. The molecule has 0 spiro atoms. The molecule has 1 aromatic carbocycles. The fraction of sp³-hybridized carbons (Fsp3) is 0.222. The van der Waals surface area contributed by atoms with Gasteiger partial charge in [-0.3, -0.25) is 9.78 Å². The van der Waals surface area contributed by atoms with E-state index in [9.17, 15) is 4.79 Å². The Bertz CT molecular complexity index is 777. The zero-order valence-corrected chi connectivity index (χ0v) is 12.4. The Labute approximate surface area is 129 Å². The van der Waals surface area contributed by atoms with Crippen molar-refractivity contribution in [1.82, 2.24) is 9.55 Å². The third kappa shape index (κ3) is 3.01. The molecule has 0 atom stereocenters. The van der Waals surface area contributed by atoms with E-state index in [0.29, 0.717) is 6.42 Å². The number of aromatic nitrogens is 2. The van der Waals surface area contributed by atoms with Crippen LogP contribution in [0.1, 0.15) is 24.8 Å². The van der Waals surface area contributed by atoms with Crippen LogP contribution in [-0.2, 0) is 11.2 Å². The molecule has 0 saturated carbocycles. The number of fused-ring (bicyclic) bond motifs is 1. The Balaban J connectivity index is 1.89. The summed E-state index contributed by atoms with van der Waals surface area (Å²) in [5.74, 6) is -0.224. The molecule has 22 heavy (non-hydrogen) atoms. The van der Waals surface area contributed by atoms with Gasteiger partial charge >= 0.3 is 0 Å². The number of primary amides is 1. The van der Waals surface area contributed by atoms with Crippen LogP contribution in [0.5, 0.6) is 0 Å². The summed E-state index contributed by atoms with van der Waals surface area (Å²) in [6.45, 7) is 0. The topological polar surface area (TPSA) is 60.9 Å². The lowest BCUT2D eigenvalue weighted by molar-refractivity contribution is -0.118. The first kappa shape index (κ1) is 14.3. The SMILES string of the molecule is NC(=O)CCCCc1cn(-c2cccnc2)c2ccccc12. The standard InChI is InChI=1S/C18H19N3O/c19-18(22)10-4-1-6-14-13-21(15-7-5-11-20-12-15)17-9-3-2-8-16(14)17/h2-3,5,7-9,11-13H,1,4,6,10H2,(H2,19,22). The van der Waals surface area contributed by atoms with Crippen LogP contribution >= 0.6 is 0 Å². The smallest absolute Gasteiger partial charge is 0.217 e. The Morgan fingerprint density at radius 2 is 2.00 bits per heavy atom. The number of nitrogens with zero attached hydrogens (tertiary/aromatic N) is 2. The zero-order chi connectivity index (χ0) is 15.4. The van der Waals surface area contributed by atoms with Crippen molar-refractivity contribution in [3.05, 3.63) is 60.6 Å². The van der Waals surface area contributed by atoms with Crippen molar-refractivity contribution in [2.75, 3.05) is 0 Å². The minimum atomic E-state index is -0.224. The molecule has 0 unspecified atom stereocenters. The molecule has 0 aliphatic carbocycles. The van der Waals surface area contributed by atoms with Gasteiger partial charge in [0.15, 0.2) is 0 Å². The molecule has 0 saturated heterocycles. The molecule has 2 heterocycles. The van der Waals surface area contributed by atoms with Gasteiger partial charge in [0.1, 0.15) is 0 Å². The number of aryl methyl sites for hydroxylation is 1. The monoisotopic (exact) mass is 293 g/mol. The van der Waals surface area contributed by atoms with Gasteiger partial charge in [0.25, 0.3) is 0 Å². The summed E-state index contributed by atoms with van der Waals surface area (Å²) >= 11 is 0. The average Bonchev–Trinajstić information content (AvgIpc) is 2.91. The number of benzene rings is 1. The van der Waals surface area contributed by atoms with Crippen LogP contribution in [0.3, 0.4) is 0 Å². The lowest BCUT2D eigenvalue weighted by Gasteiger charge is -2.03. The van der Waals surface area contributed by atoms with Crippen LogP contribution in [0, 0.1) is 0 Å². The number of hydrogen-bond donors (Lipinski definition) is 1. The van der Waals surface area contributed by atoms with E-state index < -0.39 is 0 Å². The Kier molecular flexibility index (Phi) is 4.19. The number of para-hydroxylation sites is 1. The van der Waals surface area contributed by atoms with E-state index in [4.69, 9.17) is 5.73 Å². The molecule has 3 aromatic rings. The van der Waals surface area contributed by atoms with Crippen LogP contribution in [-0.4, -0.2) is 15.5 Å². The molecule has 112 valence electrons. The molecule has 4 heteroatoms. The minimum absolute atomic E-state index is 0.224. The molecule has 4 nitrogen and oxygen atoms in total. The highest BCUT2D eigenvalue weighted by Gasteiger charge is 2.09. The molecule has 0 aliphatic heterocycles. The zero-order valence-electron chi connectivity index (χ0n) is 12.4. The maximum Gasteiger partial charge on any atom is 0.217 e. The molecule has 2 N–H and O–H groups in total. The van der Waals surface area contributed by atoms with E-state index in [1.807, 2.05) is 18.3 Å². The van der Waals surface area contributed by atoms with Crippen molar-refractivity contribution in [2.24, 2.45) is 5.73 Å². The number of hydrogen-bond acceptors (Lipinski definition) is 2. The minimum Gasteiger partial charge on any atom is -0.370 e. The number of pyridine rings is 1. The summed E-state index contributed by atoms with van der Waals surface area (Å²) in [5.41, 5.74) is 8.73. The summed E-state index contributed by atoms with van der Waals surface area (Å²) in [5, 5.41) is 1.26. The average molecular weight is 293 g/mol. The molecular weight excluding hydrogens is 274 g/mol. The van der Waals surface area contributed by atoms with E-state index >= 15 is 0 Å². The number of unbranched alkanes of at least 4 members (excludes halogenated alkanes) is 1. The normalized spacial score (nSPS) is 10.9. The van der Waals surface area contributed by atoms with Crippen molar-refractivity contribution in [3.8, 4) is 5.69 Å². The van der Waals surface area contributed by atoms with Gasteiger partial charge in [-0.1, -0.05) is 18.2 Å². The van der Waals surface area contributed by atoms with Crippen molar-refractivity contribution < 1.29 is 4.79 Å². The first-order valence-corrected chi connectivity index (χ1v) is 7.53. The van der Waals surface area contributed by atoms with E-state index in [2.05, 4.69) is 40.0 Å². The summed E-state index contributed by atoms with van der Waals surface area (Å²) in [4.78, 5) is 15.0. The molecule has 0 bridgehead atoms. The lowest BCUT2D eigenvalue weighted by Crippen LogP contribution is -2.09. The van der Waals surface area contributed by atoms with Crippen LogP contribution in [0.25, 0.3) is 16.6 Å². The van der Waals surface area contributed by atoms with Gasteiger partial charge < -0.3 is 10.3 Å². The maximum absolute atomic E-state index is 10.8. The second-order valence-corrected chi connectivity index (χ2v) is 5.43. The molecular formula is C18H19N3O. The Morgan fingerprint density at radius 3 is 2.77 bits per heavy atom. The quantitative estimate of drug-likeness (QED) is 0.709. The van der Waals surface area contributed by atoms with Crippen molar-refractivity contribution in [3.63, 3.8) is 0 Å². The molecule has 0 aliphatic rings. The fourth-order valence-electron chi connectivity index (χ4n) is 2.77. The van der Waals surface area contributed by atoms with Crippen molar-refractivity contribution >= 4 is 16.8 Å². The fourth-order valence-corrected chi connectivity index (χ4v) is 2.77. The first-order chi connectivity index (χ1) is 10.8. The van der Waals surface area contributed by atoms with E-state index in [1.165, 1.54) is 16.5 Å².